The second-order valence-electron chi connectivity index (χ2n) is 20.5. The zero-order chi connectivity index (χ0) is 75.1. The number of rotatable bonds is 10. The van der Waals surface area contributed by atoms with E-state index in [1.807, 2.05) is 100 Å². The summed E-state index contributed by atoms with van der Waals surface area (Å²) in [5.41, 5.74) is 4.83. The van der Waals surface area contributed by atoms with Gasteiger partial charge in [-0.1, -0.05) is 191 Å². The Morgan fingerprint density at radius 3 is 1.14 bits per heavy atom. The summed E-state index contributed by atoms with van der Waals surface area (Å²) in [7, 11) is 6.12. The van der Waals surface area contributed by atoms with E-state index in [0.717, 1.165) is 36.4 Å². The minimum Gasteiger partial charge on any atom is -0.468 e. The number of hydrogen-bond donors (Lipinski definition) is 1. The van der Waals surface area contributed by atoms with Crippen molar-refractivity contribution in [2.24, 2.45) is 0 Å². The number of amides is 6. The number of carbonyl (C=O) groups excluding carboxylic acids is 11. The van der Waals surface area contributed by atoms with Crippen molar-refractivity contribution in [2.45, 2.75) is 32.6 Å². The van der Waals surface area contributed by atoms with E-state index in [0.29, 0.717) is 60.5 Å². The number of hydrogen-bond acceptors (Lipinski definition) is 18. The topological polar surface area (TPSA) is 290 Å². The molecule has 0 radical (unpaired) electrons. The van der Waals surface area contributed by atoms with Crippen LogP contribution in [0.2, 0.25) is 0 Å². The third-order valence-electron chi connectivity index (χ3n) is 14.6. The first-order chi connectivity index (χ1) is 49.1. The van der Waals surface area contributed by atoms with E-state index in [9.17, 15) is 61.2 Å². The number of ether oxygens (including phenoxy) is 4. The van der Waals surface area contributed by atoms with Gasteiger partial charge in [-0.25, -0.2) is 27.5 Å². The van der Waals surface area contributed by atoms with Crippen LogP contribution in [-0.4, -0.2) is 145 Å². The molecule has 102 heavy (non-hydrogen) atoms. The number of hydroxylamine groups is 2. The first kappa shape index (κ1) is 80.2. The normalized spacial score (nSPS) is 11.7. The largest absolute Gasteiger partial charge is 0.468 e. The molecule has 0 saturated heterocycles. The molecule has 1 N–H and O–H groups in total. The van der Waals surface area contributed by atoms with E-state index >= 15 is 0 Å². The monoisotopic (exact) mass is 1400 g/mol. The third kappa shape index (κ3) is 20.6. The fourth-order valence-corrected chi connectivity index (χ4v) is 10.3. The molecule has 0 aliphatic carbocycles. The SMILES string of the molecule is CC.CC.CN1C(=O)c2ccccc2C1=O.CNS(=O)(=O)c1ccc2ccccc2c1.COC(=O)CN1C(=O)c2ccccc2C1=O.COC(=O)c1ccc2ccccc2c1.COC(=O)c1ccccc1.COC(=O)c1ccccc1C(=O)c1ccccc1.CON1C(=O)c2ccccc2C1=O. The summed E-state index contributed by atoms with van der Waals surface area (Å²) >= 11 is 0. The lowest BCUT2D eigenvalue weighted by atomic mass is 9.98. The van der Waals surface area contributed by atoms with Gasteiger partial charge in [0.15, 0.2) is 5.78 Å². The van der Waals surface area contributed by atoms with Crippen molar-refractivity contribution in [2.75, 3.05) is 56.2 Å². The molecule has 13 rings (SSSR count). The summed E-state index contributed by atoms with van der Waals surface area (Å²) in [6, 6.07) is 70.5. The van der Waals surface area contributed by atoms with Gasteiger partial charge in [-0.3, -0.25) is 53.0 Å². The summed E-state index contributed by atoms with van der Waals surface area (Å²) in [6.45, 7) is 7.66. The summed E-state index contributed by atoms with van der Waals surface area (Å²) in [6.07, 6.45) is 0. The van der Waals surface area contributed by atoms with Gasteiger partial charge in [-0.2, -0.15) is 0 Å². The molecule has 526 valence electrons. The van der Waals surface area contributed by atoms with Crippen LogP contribution in [0.25, 0.3) is 21.5 Å². The zero-order valence-corrected chi connectivity index (χ0v) is 58.7. The number of sulfonamides is 1. The molecule has 6 amide bonds. The molecular formula is C79H76N4O18S. The Bertz CT molecular complexity index is 4650. The van der Waals surface area contributed by atoms with E-state index in [1.165, 1.54) is 49.6 Å². The van der Waals surface area contributed by atoms with Crippen LogP contribution >= 0.6 is 0 Å². The minimum absolute atomic E-state index is 0.184. The Morgan fingerprint density at radius 2 is 0.716 bits per heavy atom. The molecule has 0 unspecified atom stereocenters. The molecule has 10 aromatic rings. The predicted molar refractivity (Wildman–Crippen MR) is 384 cm³/mol. The maximum absolute atomic E-state index is 12.3. The lowest BCUT2D eigenvalue weighted by Gasteiger charge is -2.11. The van der Waals surface area contributed by atoms with Crippen LogP contribution in [-0.2, 0) is 38.6 Å². The second-order valence-corrected chi connectivity index (χ2v) is 22.4. The summed E-state index contributed by atoms with van der Waals surface area (Å²) in [5.74, 6) is -4.02. The highest BCUT2D eigenvalue weighted by molar-refractivity contribution is 7.89. The molecule has 10 aromatic carbocycles. The van der Waals surface area contributed by atoms with Crippen LogP contribution in [0.15, 0.2) is 248 Å². The fourth-order valence-electron chi connectivity index (χ4n) is 9.51. The number of imide groups is 3. The Kier molecular flexibility index (Phi) is 31.3. The van der Waals surface area contributed by atoms with E-state index in [2.05, 4.69) is 28.5 Å². The van der Waals surface area contributed by atoms with Gasteiger partial charge >= 0.3 is 23.9 Å². The van der Waals surface area contributed by atoms with Crippen LogP contribution < -0.4 is 4.72 Å². The number of nitrogens with zero attached hydrogens (tertiary/aromatic N) is 3. The van der Waals surface area contributed by atoms with Crippen LogP contribution in [0.5, 0.6) is 0 Å². The quantitative estimate of drug-likeness (QED) is 0.0576. The molecule has 0 bridgehead atoms. The van der Waals surface area contributed by atoms with Gasteiger partial charge in [-0.05, 0) is 107 Å². The molecule has 3 heterocycles. The molecule has 0 spiro atoms. The summed E-state index contributed by atoms with van der Waals surface area (Å²) in [5, 5.41) is 4.89. The summed E-state index contributed by atoms with van der Waals surface area (Å²) in [4.78, 5) is 133. The van der Waals surface area contributed by atoms with Crippen molar-refractivity contribution < 1.29 is 84.9 Å². The van der Waals surface area contributed by atoms with Gasteiger partial charge in [0.2, 0.25) is 10.0 Å². The molecule has 0 aromatic heterocycles. The second kappa shape index (κ2) is 39.8. The zero-order valence-electron chi connectivity index (χ0n) is 57.9. The van der Waals surface area contributed by atoms with Crippen molar-refractivity contribution in [3.63, 3.8) is 0 Å². The van der Waals surface area contributed by atoms with Crippen LogP contribution in [0.3, 0.4) is 0 Å². The third-order valence-corrected chi connectivity index (χ3v) is 16.0. The van der Waals surface area contributed by atoms with Gasteiger partial charge in [0.25, 0.3) is 35.4 Å². The van der Waals surface area contributed by atoms with Crippen molar-refractivity contribution in [3.05, 3.63) is 304 Å². The molecule has 0 fully saturated rings. The fraction of sp³-hybridized carbons (Fsp3) is 0.152. The minimum atomic E-state index is -3.34. The number of benzene rings is 10. The van der Waals surface area contributed by atoms with Gasteiger partial charge < -0.3 is 18.9 Å². The van der Waals surface area contributed by atoms with Gasteiger partial charge in [-0.15, -0.1) is 5.06 Å². The van der Waals surface area contributed by atoms with Gasteiger partial charge in [0.05, 0.1) is 90.5 Å². The van der Waals surface area contributed by atoms with Crippen LogP contribution in [0.4, 0.5) is 0 Å². The molecule has 3 aliphatic rings. The van der Waals surface area contributed by atoms with Crippen molar-refractivity contribution in [1.82, 2.24) is 19.6 Å². The van der Waals surface area contributed by atoms with Gasteiger partial charge in [0, 0.05) is 18.2 Å². The van der Waals surface area contributed by atoms with Crippen LogP contribution in [0.1, 0.15) is 137 Å². The summed E-state index contributed by atoms with van der Waals surface area (Å²) < 4.78 is 43.6. The number of methoxy groups -OCH3 is 4. The molecule has 0 saturated carbocycles. The number of carbonyl (C=O) groups is 11. The van der Waals surface area contributed by atoms with Crippen molar-refractivity contribution in [3.8, 4) is 0 Å². The van der Waals surface area contributed by atoms with E-state index in [1.54, 1.807) is 170 Å². The number of fused-ring (bicyclic) bond motifs is 5. The number of esters is 4. The van der Waals surface area contributed by atoms with E-state index < -0.39 is 45.6 Å². The smallest absolute Gasteiger partial charge is 0.338 e. The Labute approximate surface area is 591 Å². The first-order valence-corrected chi connectivity index (χ1v) is 33.0. The highest BCUT2D eigenvalue weighted by Crippen LogP contribution is 2.25. The highest BCUT2D eigenvalue weighted by atomic mass is 32.2. The molecule has 0 atom stereocenters. The van der Waals surface area contributed by atoms with E-state index in [4.69, 9.17) is 0 Å². The lowest BCUT2D eigenvalue weighted by molar-refractivity contribution is -0.140. The van der Waals surface area contributed by atoms with Crippen LogP contribution in [0, 0.1) is 0 Å². The molecule has 22 nitrogen and oxygen atoms in total. The predicted octanol–water partition coefficient (Wildman–Crippen LogP) is 12.8. The number of nitrogens with one attached hydrogen (secondary N) is 1. The molecular weight excluding hydrogens is 1320 g/mol. The highest BCUT2D eigenvalue weighted by Gasteiger charge is 2.37. The maximum atomic E-state index is 12.3. The number of ketones is 1. The van der Waals surface area contributed by atoms with E-state index in [-0.39, 0.29) is 41.6 Å². The van der Waals surface area contributed by atoms with Crippen molar-refractivity contribution in [1.29, 1.82) is 0 Å². The Balaban J connectivity index is 0.000000214. The average Bonchev–Trinajstić information content (AvgIpc) is 1.60. The molecule has 23 heteroatoms. The van der Waals surface area contributed by atoms with Crippen molar-refractivity contribution >= 4 is 96.7 Å². The van der Waals surface area contributed by atoms with Gasteiger partial charge in [0.1, 0.15) is 6.54 Å². The first-order valence-electron chi connectivity index (χ1n) is 31.5. The maximum Gasteiger partial charge on any atom is 0.338 e. The molecule has 3 aliphatic heterocycles. The Hall–Kier alpha value is -12.4. The lowest BCUT2D eigenvalue weighted by Crippen LogP contribution is -2.35. The Morgan fingerprint density at radius 1 is 0.363 bits per heavy atom. The average molecular weight is 1400 g/mol. The standard InChI is InChI=1S/C15H12O3.C12H10O2.C11H9NO4.C11H11NO2S.C9H7NO3.C9H7NO2.C8H8O2.2C2H6/c1-18-15(17)13-10-6-5-9-12(13)14(16)11-7-3-2-4-8-11;1-14-12(13)11-7-6-9-4-2-3-5-10(9)8-11;1-16-9(13)6-12-10(14)7-4-2-3-5-8(7)11(12)15;1-12-15(13,14)11-7-6-9-4-2-3-5-10(9)8-11;1-13-10-8(11)6-4-2-3-5-7(6)9(10)12;1-10-8(11)6-4-2-3-5-7(6)9(10)12;1-10-8(9)7-5-3-2-4-6-7;2*1-2/h2-10H,1H3;2-8H,1H3;2-5H,6H2,1H3;2-8,12H,1H3;2-5H,1H3;2-5H,1H3;2-6H,1H3;2*1-2H3.